The second-order valence-electron chi connectivity index (χ2n) is 3.74. The third-order valence-corrected chi connectivity index (χ3v) is 3.38. The molecular formula is C11H15NO2S. The van der Waals surface area contributed by atoms with E-state index in [0.29, 0.717) is 19.1 Å². The number of rotatable bonds is 4. The van der Waals surface area contributed by atoms with Crippen LogP contribution in [-0.2, 0) is 16.1 Å². The molecule has 15 heavy (non-hydrogen) atoms. The smallest absolute Gasteiger partial charge is 0.307 e. The number of ether oxygens (including phenoxy) is 1. The molecule has 0 amide bonds. The summed E-state index contributed by atoms with van der Waals surface area (Å²) >= 11 is 1.61. The molecule has 2 heterocycles. The van der Waals surface area contributed by atoms with E-state index in [-0.39, 0.29) is 5.97 Å². The van der Waals surface area contributed by atoms with Crippen molar-refractivity contribution in [2.45, 2.75) is 31.9 Å². The molecule has 1 atom stereocenters. The number of esters is 1. The first-order valence-electron chi connectivity index (χ1n) is 5.26. The highest BCUT2D eigenvalue weighted by atomic mass is 32.1. The van der Waals surface area contributed by atoms with Crippen molar-refractivity contribution in [3.05, 3.63) is 22.4 Å². The first-order valence-corrected chi connectivity index (χ1v) is 6.14. The van der Waals surface area contributed by atoms with Gasteiger partial charge in [0.25, 0.3) is 0 Å². The summed E-state index contributed by atoms with van der Waals surface area (Å²) in [4.78, 5) is 12.5. The molecule has 1 N–H and O–H groups in total. The molecule has 1 aliphatic heterocycles. The molecule has 1 saturated heterocycles. The molecule has 1 aliphatic rings. The number of carbonyl (C=O) groups excluding carboxylic acids is 1. The van der Waals surface area contributed by atoms with Crippen molar-refractivity contribution in [3.8, 4) is 0 Å². The first-order chi connectivity index (χ1) is 7.34. The van der Waals surface area contributed by atoms with Gasteiger partial charge in [0.1, 0.15) is 6.61 Å². The van der Waals surface area contributed by atoms with Gasteiger partial charge in [0.2, 0.25) is 0 Å². The van der Waals surface area contributed by atoms with Crippen molar-refractivity contribution in [3.63, 3.8) is 0 Å². The number of hydrogen-bond donors (Lipinski definition) is 1. The van der Waals surface area contributed by atoms with Crippen molar-refractivity contribution >= 4 is 17.3 Å². The predicted octanol–water partition coefficient (Wildman–Crippen LogP) is 1.93. The van der Waals surface area contributed by atoms with E-state index in [0.717, 1.165) is 17.8 Å². The van der Waals surface area contributed by atoms with Gasteiger partial charge in [-0.1, -0.05) is 6.07 Å². The molecule has 82 valence electrons. The summed E-state index contributed by atoms with van der Waals surface area (Å²) in [7, 11) is 0. The maximum atomic E-state index is 11.4. The van der Waals surface area contributed by atoms with Gasteiger partial charge in [0.05, 0.1) is 6.42 Å². The second-order valence-corrected chi connectivity index (χ2v) is 4.77. The Bertz CT molecular complexity index is 304. The van der Waals surface area contributed by atoms with E-state index in [2.05, 4.69) is 5.32 Å². The Morgan fingerprint density at radius 2 is 2.60 bits per heavy atom. The number of nitrogens with one attached hydrogen (secondary N) is 1. The van der Waals surface area contributed by atoms with Crippen LogP contribution in [0.3, 0.4) is 0 Å². The molecule has 0 bridgehead atoms. The summed E-state index contributed by atoms with van der Waals surface area (Å²) in [5, 5.41) is 5.27. The van der Waals surface area contributed by atoms with Crippen LogP contribution in [0.1, 0.15) is 24.1 Å². The Labute approximate surface area is 93.4 Å². The quantitative estimate of drug-likeness (QED) is 0.796. The molecule has 0 radical (unpaired) electrons. The SMILES string of the molecule is O=C(CC1CCCN1)OCc1cccs1. The molecule has 1 fully saturated rings. The van der Waals surface area contributed by atoms with E-state index in [1.54, 1.807) is 11.3 Å². The predicted molar refractivity (Wildman–Crippen MR) is 59.8 cm³/mol. The van der Waals surface area contributed by atoms with E-state index in [1.807, 2.05) is 17.5 Å². The molecule has 0 aliphatic carbocycles. The monoisotopic (exact) mass is 225 g/mol. The summed E-state index contributed by atoms with van der Waals surface area (Å²) in [5.41, 5.74) is 0. The summed E-state index contributed by atoms with van der Waals surface area (Å²) in [5.74, 6) is -0.0946. The molecule has 1 aromatic rings. The minimum absolute atomic E-state index is 0.0946. The van der Waals surface area contributed by atoms with Gasteiger partial charge in [0, 0.05) is 10.9 Å². The molecule has 4 heteroatoms. The fraction of sp³-hybridized carbons (Fsp3) is 0.545. The third-order valence-electron chi connectivity index (χ3n) is 2.53. The maximum Gasteiger partial charge on any atom is 0.307 e. The normalized spacial score (nSPS) is 20.4. The maximum absolute atomic E-state index is 11.4. The van der Waals surface area contributed by atoms with Crippen molar-refractivity contribution in [2.75, 3.05) is 6.54 Å². The summed E-state index contributed by atoms with van der Waals surface area (Å²) in [6.45, 7) is 1.45. The molecule has 0 aromatic carbocycles. The zero-order chi connectivity index (χ0) is 10.5. The van der Waals surface area contributed by atoms with Crippen LogP contribution in [0.2, 0.25) is 0 Å². The van der Waals surface area contributed by atoms with Gasteiger partial charge in [-0.15, -0.1) is 11.3 Å². The second kappa shape index (κ2) is 5.28. The molecule has 1 aromatic heterocycles. The largest absolute Gasteiger partial charge is 0.460 e. The summed E-state index contributed by atoms with van der Waals surface area (Å²) in [6.07, 6.45) is 2.77. The van der Waals surface area contributed by atoms with Crippen LogP contribution in [0.4, 0.5) is 0 Å². The van der Waals surface area contributed by atoms with Crippen molar-refractivity contribution < 1.29 is 9.53 Å². The lowest BCUT2D eigenvalue weighted by atomic mass is 10.2. The van der Waals surface area contributed by atoms with Gasteiger partial charge in [-0.25, -0.2) is 0 Å². The van der Waals surface area contributed by atoms with Gasteiger partial charge in [-0.2, -0.15) is 0 Å². The van der Waals surface area contributed by atoms with Crippen LogP contribution < -0.4 is 5.32 Å². The molecule has 2 rings (SSSR count). The van der Waals surface area contributed by atoms with Crippen molar-refractivity contribution in [1.29, 1.82) is 0 Å². The highest BCUT2D eigenvalue weighted by Crippen LogP contribution is 2.12. The van der Waals surface area contributed by atoms with Gasteiger partial charge >= 0.3 is 5.97 Å². The molecular weight excluding hydrogens is 210 g/mol. The topological polar surface area (TPSA) is 38.3 Å². The Hall–Kier alpha value is -0.870. The van der Waals surface area contributed by atoms with E-state index < -0.39 is 0 Å². The Morgan fingerprint density at radius 3 is 3.27 bits per heavy atom. The van der Waals surface area contributed by atoms with Gasteiger partial charge in [-0.05, 0) is 30.8 Å². The van der Waals surface area contributed by atoms with Crippen LogP contribution in [0.25, 0.3) is 0 Å². The van der Waals surface area contributed by atoms with Crippen LogP contribution in [0, 0.1) is 0 Å². The first kappa shape index (κ1) is 10.6. The summed E-state index contributed by atoms with van der Waals surface area (Å²) in [6, 6.07) is 4.28. The van der Waals surface area contributed by atoms with Crippen LogP contribution in [0.5, 0.6) is 0 Å². The van der Waals surface area contributed by atoms with Gasteiger partial charge < -0.3 is 10.1 Å². The lowest BCUT2D eigenvalue weighted by Gasteiger charge is -2.08. The van der Waals surface area contributed by atoms with Gasteiger partial charge in [-0.3, -0.25) is 4.79 Å². The Kier molecular flexibility index (Phi) is 3.75. The number of carbonyl (C=O) groups is 1. The van der Waals surface area contributed by atoms with Crippen LogP contribution >= 0.6 is 11.3 Å². The molecule has 0 saturated carbocycles. The third kappa shape index (κ3) is 3.32. The zero-order valence-electron chi connectivity index (χ0n) is 8.57. The van der Waals surface area contributed by atoms with Crippen LogP contribution in [0.15, 0.2) is 17.5 Å². The molecule has 3 nitrogen and oxygen atoms in total. The minimum Gasteiger partial charge on any atom is -0.460 e. The lowest BCUT2D eigenvalue weighted by molar-refractivity contribution is -0.145. The average Bonchev–Trinajstić information content (AvgIpc) is 2.86. The van der Waals surface area contributed by atoms with Crippen LogP contribution in [-0.4, -0.2) is 18.6 Å². The fourth-order valence-electron chi connectivity index (χ4n) is 1.74. The fourth-order valence-corrected chi connectivity index (χ4v) is 2.35. The highest BCUT2D eigenvalue weighted by Gasteiger charge is 2.18. The standard InChI is InChI=1S/C11H15NO2S/c13-11(7-9-3-1-5-12-9)14-8-10-4-2-6-15-10/h2,4,6,9,12H,1,3,5,7-8H2. The zero-order valence-corrected chi connectivity index (χ0v) is 9.39. The minimum atomic E-state index is -0.0946. The van der Waals surface area contributed by atoms with E-state index >= 15 is 0 Å². The van der Waals surface area contributed by atoms with Crippen molar-refractivity contribution in [1.82, 2.24) is 5.32 Å². The number of hydrogen-bond acceptors (Lipinski definition) is 4. The van der Waals surface area contributed by atoms with E-state index in [1.165, 1.54) is 6.42 Å². The van der Waals surface area contributed by atoms with Crippen molar-refractivity contribution in [2.24, 2.45) is 0 Å². The summed E-state index contributed by atoms with van der Waals surface area (Å²) < 4.78 is 5.18. The Balaban J connectivity index is 1.68. The Morgan fingerprint density at radius 1 is 1.67 bits per heavy atom. The van der Waals surface area contributed by atoms with E-state index in [9.17, 15) is 4.79 Å². The number of thiophene rings is 1. The van der Waals surface area contributed by atoms with Gasteiger partial charge in [0.15, 0.2) is 0 Å². The molecule has 0 spiro atoms. The highest BCUT2D eigenvalue weighted by molar-refractivity contribution is 7.09. The lowest BCUT2D eigenvalue weighted by Crippen LogP contribution is -2.25. The van der Waals surface area contributed by atoms with E-state index in [4.69, 9.17) is 4.74 Å². The molecule has 1 unspecified atom stereocenters. The average molecular weight is 225 g/mol.